The van der Waals surface area contributed by atoms with E-state index in [-0.39, 0.29) is 11.4 Å². The van der Waals surface area contributed by atoms with Crippen LogP contribution in [0.2, 0.25) is 0 Å². The van der Waals surface area contributed by atoms with Gasteiger partial charge in [0.25, 0.3) is 17.4 Å². The monoisotopic (exact) mass is 305 g/mol. The number of hydrogen-bond acceptors (Lipinski definition) is 3. The van der Waals surface area contributed by atoms with Crippen LogP contribution in [0.1, 0.15) is 0 Å². The van der Waals surface area contributed by atoms with Gasteiger partial charge in [-0.05, 0) is 24.3 Å². The van der Waals surface area contributed by atoms with E-state index in [2.05, 4.69) is 16.3 Å². The van der Waals surface area contributed by atoms with Gasteiger partial charge >= 0.3 is 6.11 Å². The van der Waals surface area contributed by atoms with Crippen LogP contribution < -0.4 is 9.64 Å². The van der Waals surface area contributed by atoms with Crippen molar-refractivity contribution < 1.29 is 27.5 Å². The highest BCUT2D eigenvalue weighted by Crippen LogP contribution is 2.30. The van der Waals surface area contributed by atoms with Gasteiger partial charge in [-0.1, -0.05) is 11.6 Å². The Morgan fingerprint density at radius 1 is 1.10 bits per heavy atom. The molecule has 0 bridgehead atoms. The Morgan fingerprint density at radius 3 is 2.05 bits per heavy atom. The molecule has 0 saturated carbocycles. The second kappa shape index (κ2) is 5.16. The first-order valence-corrected chi connectivity index (χ1v) is 5.76. The van der Waals surface area contributed by atoms with E-state index in [0.29, 0.717) is 0 Å². The van der Waals surface area contributed by atoms with Crippen LogP contribution in [-0.2, 0) is 9.59 Å². The summed E-state index contributed by atoms with van der Waals surface area (Å²) < 4.78 is 42.3. The maximum atomic E-state index is 12.9. The smallest absolute Gasteiger partial charge is 0.429 e. The first kappa shape index (κ1) is 14.4. The fourth-order valence-electron chi connectivity index (χ4n) is 1.52. The normalized spacial score (nSPS) is 16.7. The molecule has 1 aliphatic rings. The number of benzene rings is 1. The van der Waals surface area contributed by atoms with Crippen LogP contribution in [0.5, 0.6) is 5.75 Å². The fourth-order valence-corrected chi connectivity index (χ4v) is 1.56. The number of carbonyl (C=O) groups is 2. The molecule has 2 amide bonds. The minimum absolute atomic E-state index is 0.184. The van der Waals surface area contributed by atoms with Crippen molar-refractivity contribution in [2.45, 2.75) is 11.7 Å². The summed E-state index contributed by atoms with van der Waals surface area (Å²) in [7, 11) is 0. The summed E-state index contributed by atoms with van der Waals surface area (Å²) in [4.78, 5) is 23.6. The standard InChI is InChI=1S/C12H7ClF3NO3/c13-11(14)12(15,16)20-8-3-1-7(2-4-8)17-9(18)5-6-10(17)19/h1-6,11H/t11-/m1/s1. The number of carbonyl (C=O) groups excluding carboxylic acids is 2. The Kier molecular flexibility index (Phi) is 3.71. The molecule has 20 heavy (non-hydrogen) atoms. The van der Waals surface area contributed by atoms with Crippen LogP contribution in [0.25, 0.3) is 0 Å². The zero-order chi connectivity index (χ0) is 14.9. The van der Waals surface area contributed by atoms with Gasteiger partial charge in [0.2, 0.25) is 0 Å². The highest BCUT2D eigenvalue weighted by molar-refractivity contribution is 6.28. The molecule has 1 aromatic rings. The molecule has 0 aromatic heterocycles. The highest BCUT2D eigenvalue weighted by Gasteiger charge is 2.42. The lowest BCUT2D eigenvalue weighted by Crippen LogP contribution is -2.33. The minimum Gasteiger partial charge on any atom is -0.429 e. The quantitative estimate of drug-likeness (QED) is 0.634. The molecule has 0 N–H and O–H groups in total. The molecule has 2 rings (SSSR count). The number of alkyl halides is 4. The van der Waals surface area contributed by atoms with E-state index in [1.54, 1.807) is 0 Å². The van der Waals surface area contributed by atoms with Crippen LogP contribution >= 0.6 is 11.6 Å². The summed E-state index contributed by atoms with van der Waals surface area (Å²) in [5, 5.41) is 0. The summed E-state index contributed by atoms with van der Waals surface area (Å²) in [5.41, 5.74) is -2.81. The number of rotatable bonds is 4. The fraction of sp³-hybridized carbons (Fsp3) is 0.167. The van der Waals surface area contributed by atoms with Crippen molar-refractivity contribution in [1.29, 1.82) is 0 Å². The van der Waals surface area contributed by atoms with Crippen molar-refractivity contribution in [1.82, 2.24) is 0 Å². The third-order valence-electron chi connectivity index (χ3n) is 2.41. The summed E-state index contributed by atoms with van der Waals surface area (Å²) in [6, 6.07) is 4.58. The number of halogens is 4. The van der Waals surface area contributed by atoms with Crippen molar-refractivity contribution in [2.24, 2.45) is 0 Å². The molecule has 0 saturated heterocycles. The van der Waals surface area contributed by atoms with Gasteiger partial charge in [0.05, 0.1) is 5.69 Å². The number of imide groups is 1. The maximum absolute atomic E-state index is 12.9. The van der Waals surface area contributed by atoms with Crippen LogP contribution in [-0.4, -0.2) is 23.6 Å². The molecule has 8 heteroatoms. The molecule has 1 aromatic carbocycles. The van der Waals surface area contributed by atoms with Crippen LogP contribution in [0, 0.1) is 0 Å². The zero-order valence-corrected chi connectivity index (χ0v) is 10.5. The molecular formula is C12H7ClF3NO3. The number of anilines is 1. The molecule has 1 heterocycles. The van der Waals surface area contributed by atoms with E-state index in [9.17, 15) is 22.8 Å². The largest absolute Gasteiger partial charge is 0.444 e. The van der Waals surface area contributed by atoms with E-state index < -0.39 is 23.6 Å². The van der Waals surface area contributed by atoms with E-state index in [1.165, 1.54) is 12.1 Å². The van der Waals surface area contributed by atoms with Gasteiger partial charge in [-0.15, -0.1) is 0 Å². The molecule has 1 atom stereocenters. The van der Waals surface area contributed by atoms with Crippen LogP contribution in [0.15, 0.2) is 36.4 Å². The molecule has 1 aliphatic heterocycles. The van der Waals surface area contributed by atoms with Crippen molar-refractivity contribution >= 4 is 29.1 Å². The molecular weight excluding hydrogens is 299 g/mol. The number of ether oxygens (including phenoxy) is 1. The molecule has 0 unspecified atom stereocenters. The molecule has 106 valence electrons. The Bertz CT molecular complexity index is 554. The van der Waals surface area contributed by atoms with Crippen molar-refractivity contribution in [3.8, 4) is 5.75 Å². The van der Waals surface area contributed by atoms with Gasteiger partial charge in [-0.2, -0.15) is 8.78 Å². The summed E-state index contributed by atoms with van der Waals surface area (Å²) >= 11 is 4.64. The van der Waals surface area contributed by atoms with Gasteiger partial charge in [0, 0.05) is 12.2 Å². The topological polar surface area (TPSA) is 46.6 Å². The van der Waals surface area contributed by atoms with Gasteiger partial charge in [-0.25, -0.2) is 9.29 Å². The molecule has 0 aliphatic carbocycles. The average molecular weight is 306 g/mol. The van der Waals surface area contributed by atoms with Crippen molar-refractivity contribution in [3.63, 3.8) is 0 Å². The Balaban J connectivity index is 2.15. The Morgan fingerprint density at radius 2 is 1.60 bits per heavy atom. The average Bonchev–Trinajstić information content (AvgIpc) is 2.70. The maximum Gasteiger partial charge on any atom is 0.444 e. The van der Waals surface area contributed by atoms with Crippen molar-refractivity contribution in [2.75, 3.05) is 4.90 Å². The predicted octanol–water partition coefficient (Wildman–Crippen LogP) is 2.62. The Labute approximate surface area is 116 Å². The third kappa shape index (κ3) is 2.77. The lowest BCUT2D eigenvalue weighted by Gasteiger charge is -2.18. The summed E-state index contributed by atoms with van der Waals surface area (Å²) in [5.74, 6) is -1.44. The molecule has 0 spiro atoms. The van der Waals surface area contributed by atoms with Crippen LogP contribution in [0.4, 0.5) is 18.9 Å². The SMILES string of the molecule is O=C1C=CC(=O)N1c1ccc(OC(F)(F)[C@@H](F)Cl)cc1. The van der Waals surface area contributed by atoms with E-state index in [1.807, 2.05) is 0 Å². The number of nitrogens with zero attached hydrogens (tertiary/aromatic N) is 1. The second-order valence-corrected chi connectivity index (χ2v) is 4.19. The predicted molar refractivity (Wildman–Crippen MR) is 64.4 cm³/mol. The van der Waals surface area contributed by atoms with Gasteiger partial charge in [-0.3, -0.25) is 9.59 Å². The summed E-state index contributed by atoms with van der Waals surface area (Å²) in [6.45, 7) is 0. The highest BCUT2D eigenvalue weighted by atomic mass is 35.5. The van der Waals surface area contributed by atoms with Gasteiger partial charge in [0.1, 0.15) is 5.75 Å². The lowest BCUT2D eigenvalue weighted by molar-refractivity contribution is -0.199. The Hall–Kier alpha value is -2.02. The van der Waals surface area contributed by atoms with Gasteiger partial charge < -0.3 is 4.74 Å². The lowest BCUT2D eigenvalue weighted by atomic mass is 10.2. The first-order chi connectivity index (χ1) is 9.31. The van der Waals surface area contributed by atoms with Crippen LogP contribution in [0.3, 0.4) is 0 Å². The van der Waals surface area contributed by atoms with E-state index in [0.717, 1.165) is 29.2 Å². The van der Waals surface area contributed by atoms with E-state index in [4.69, 9.17) is 0 Å². The first-order valence-electron chi connectivity index (χ1n) is 5.32. The van der Waals surface area contributed by atoms with Gasteiger partial charge in [0.15, 0.2) is 0 Å². The second-order valence-electron chi connectivity index (χ2n) is 3.80. The molecule has 4 nitrogen and oxygen atoms in total. The molecule has 0 radical (unpaired) electrons. The number of hydrogen-bond donors (Lipinski definition) is 0. The minimum atomic E-state index is -4.18. The molecule has 0 fully saturated rings. The van der Waals surface area contributed by atoms with E-state index >= 15 is 0 Å². The van der Waals surface area contributed by atoms with Crippen molar-refractivity contribution in [3.05, 3.63) is 36.4 Å². The third-order valence-corrected chi connectivity index (χ3v) is 2.67. The number of amides is 2. The zero-order valence-electron chi connectivity index (χ0n) is 9.73. The summed E-state index contributed by atoms with van der Waals surface area (Å²) in [6.07, 6.45) is -2.01.